The molecule has 176 valence electrons. The predicted octanol–water partition coefficient (Wildman–Crippen LogP) is 1.74. The van der Waals surface area contributed by atoms with Gasteiger partial charge in [0.25, 0.3) is 5.91 Å². The first kappa shape index (κ1) is 26.1. The van der Waals surface area contributed by atoms with Gasteiger partial charge in [0.15, 0.2) is 11.7 Å². The highest BCUT2D eigenvalue weighted by molar-refractivity contribution is 14.0. The Bertz CT molecular complexity index is 959. The number of guanidine groups is 1. The van der Waals surface area contributed by atoms with Gasteiger partial charge in [0.05, 0.1) is 18.6 Å². The van der Waals surface area contributed by atoms with Crippen LogP contribution >= 0.6 is 24.0 Å². The third kappa shape index (κ3) is 7.78. The fraction of sp³-hybridized carbons (Fsp3) is 0.429. The number of furan rings is 1. The van der Waals surface area contributed by atoms with E-state index in [0.29, 0.717) is 44.4 Å². The molecule has 0 spiro atoms. The Morgan fingerprint density at radius 3 is 2.38 bits per heavy atom. The second-order valence-corrected chi connectivity index (χ2v) is 9.04. The van der Waals surface area contributed by atoms with Crippen LogP contribution in [-0.4, -0.2) is 75.1 Å². The zero-order valence-electron chi connectivity index (χ0n) is 18.1. The lowest BCUT2D eigenvalue weighted by Gasteiger charge is -2.36. The van der Waals surface area contributed by atoms with E-state index in [-0.39, 0.29) is 48.7 Å². The van der Waals surface area contributed by atoms with Crippen LogP contribution in [0.3, 0.4) is 0 Å². The molecule has 2 N–H and O–H groups in total. The van der Waals surface area contributed by atoms with Gasteiger partial charge in [0.2, 0.25) is 10.0 Å². The van der Waals surface area contributed by atoms with Crippen LogP contribution in [0.25, 0.3) is 0 Å². The van der Waals surface area contributed by atoms with Gasteiger partial charge in [-0.15, -0.1) is 24.0 Å². The topological polar surface area (TPSA) is 107 Å². The number of rotatable bonds is 8. The van der Waals surface area contributed by atoms with Gasteiger partial charge in [0.1, 0.15) is 0 Å². The van der Waals surface area contributed by atoms with Crippen molar-refractivity contribution in [2.45, 2.75) is 13.5 Å². The standard InChI is InChI=1S/C21H29N5O4S.HI/c1-2-22-21(23-10-16-31(28,29)24-17-18-7-4-3-5-8-18)26-13-11-25(12-14-26)20(27)19-9-6-15-30-19;/h3-9,15,24H,2,10-14,16-17H2,1H3,(H,22,23);1H. The van der Waals surface area contributed by atoms with Crippen LogP contribution in [0.4, 0.5) is 0 Å². The van der Waals surface area contributed by atoms with Crippen molar-refractivity contribution in [3.8, 4) is 0 Å². The molecule has 2 heterocycles. The fourth-order valence-corrected chi connectivity index (χ4v) is 4.10. The number of carbonyl (C=O) groups is 1. The second kappa shape index (κ2) is 12.8. The van der Waals surface area contributed by atoms with Gasteiger partial charge in [-0.3, -0.25) is 9.79 Å². The third-order valence-corrected chi connectivity index (χ3v) is 6.20. The van der Waals surface area contributed by atoms with E-state index >= 15 is 0 Å². The van der Waals surface area contributed by atoms with Gasteiger partial charge in [-0.2, -0.15) is 0 Å². The van der Waals surface area contributed by atoms with Crippen LogP contribution in [0, 0.1) is 0 Å². The second-order valence-electron chi connectivity index (χ2n) is 7.12. The van der Waals surface area contributed by atoms with Crippen LogP contribution in [0.15, 0.2) is 58.1 Å². The van der Waals surface area contributed by atoms with Crippen molar-refractivity contribution in [3.63, 3.8) is 0 Å². The van der Waals surface area contributed by atoms with E-state index in [4.69, 9.17) is 4.42 Å². The molecule has 1 amide bonds. The maximum absolute atomic E-state index is 12.4. The monoisotopic (exact) mass is 575 g/mol. The largest absolute Gasteiger partial charge is 0.459 e. The van der Waals surface area contributed by atoms with Crippen molar-refractivity contribution < 1.29 is 17.6 Å². The van der Waals surface area contributed by atoms with Crippen LogP contribution in [0.5, 0.6) is 0 Å². The van der Waals surface area contributed by atoms with Crippen molar-refractivity contribution in [2.75, 3.05) is 45.0 Å². The third-order valence-electron chi connectivity index (χ3n) is 4.89. The first-order chi connectivity index (χ1) is 15.0. The molecule has 3 rings (SSSR count). The summed E-state index contributed by atoms with van der Waals surface area (Å²) in [4.78, 5) is 20.7. The van der Waals surface area contributed by atoms with E-state index in [2.05, 4.69) is 15.0 Å². The van der Waals surface area contributed by atoms with E-state index < -0.39 is 10.0 Å². The molecular weight excluding hydrogens is 545 g/mol. The van der Waals surface area contributed by atoms with E-state index in [1.807, 2.05) is 42.2 Å². The Hall–Kier alpha value is -2.12. The normalized spacial score (nSPS) is 14.7. The number of nitrogens with zero attached hydrogens (tertiary/aromatic N) is 3. The van der Waals surface area contributed by atoms with E-state index in [0.717, 1.165) is 5.56 Å². The summed E-state index contributed by atoms with van der Waals surface area (Å²) < 4.78 is 32.4. The van der Waals surface area contributed by atoms with Gasteiger partial charge in [-0.25, -0.2) is 13.1 Å². The van der Waals surface area contributed by atoms with Crippen molar-refractivity contribution in [1.82, 2.24) is 19.8 Å². The number of carbonyl (C=O) groups excluding carboxylic acids is 1. The first-order valence-corrected chi connectivity index (χ1v) is 12.0. The Kier molecular flexibility index (Phi) is 10.5. The molecule has 0 bridgehead atoms. The summed E-state index contributed by atoms with van der Waals surface area (Å²) in [6.07, 6.45) is 1.49. The number of halogens is 1. The molecule has 1 fully saturated rings. The van der Waals surface area contributed by atoms with E-state index in [1.54, 1.807) is 17.0 Å². The SMILES string of the molecule is CCNC(=NCCS(=O)(=O)NCc1ccccc1)N1CCN(C(=O)c2ccco2)CC1.I. The Morgan fingerprint density at radius 1 is 1.06 bits per heavy atom. The summed E-state index contributed by atoms with van der Waals surface area (Å²) in [5.41, 5.74) is 0.907. The van der Waals surface area contributed by atoms with Crippen LogP contribution in [0.1, 0.15) is 23.0 Å². The van der Waals surface area contributed by atoms with Gasteiger partial charge < -0.3 is 19.5 Å². The molecule has 0 saturated carbocycles. The molecule has 1 aromatic carbocycles. The molecular formula is C21H30IN5O4S. The van der Waals surface area contributed by atoms with Gasteiger partial charge >= 0.3 is 0 Å². The zero-order valence-corrected chi connectivity index (χ0v) is 21.2. The predicted molar refractivity (Wildman–Crippen MR) is 135 cm³/mol. The molecule has 1 aliphatic rings. The number of hydrogen-bond acceptors (Lipinski definition) is 5. The molecule has 2 aromatic rings. The summed E-state index contributed by atoms with van der Waals surface area (Å²) in [5, 5.41) is 3.21. The average Bonchev–Trinajstić information content (AvgIpc) is 3.33. The minimum absolute atomic E-state index is 0. The zero-order chi connectivity index (χ0) is 22.1. The summed E-state index contributed by atoms with van der Waals surface area (Å²) >= 11 is 0. The maximum Gasteiger partial charge on any atom is 0.289 e. The highest BCUT2D eigenvalue weighted by Crippen LogP contribution is 2.09. The number of sulfonamides is 1. The molecule has 0 aliphatic carbocycles. The summed E-state index contributed by atoms with van der Waals surface area (Å²) in [6, 6.07) is 12.7. The first-order valence-electron chi connectivity index (χ1n) is 10.4. The van der Waals surface area contributed by atoms with Crippen molar-refractivity contribution in [3.05, 3.63) is 60.1 Å². The summed E-state index contributed by atoms with van der Waals surface area (Å²) in [7, 11) is -3.43. The molecule has 1 saturated heterocycles. The summed E-state index contributed by atoms with van der Waals surface area (Å²) in [5.74, 6) is 0.779. The Morgan fingerprint density at radius 2 is 1.75 bits per heavy atom. The lowest BCUT2D eigenvalue weighted by molar-refractivity contribution is 0.0657. The quantitative estimate of drug-likeness (QED) is 0.282. The number of amides is 1. The van der Waals surface area contributed by atoms with E-state index in [9.17, 15) is 13.2 Å². The number of nitrogens with one attached hydrogen (secondary N) is 2. The molecule has 0 radical (unpaired) electrons. The van der Waals surface area contributed by atoms with Crippen molar-refractivity contribution >= 4 is 45.9 Å². The van der Waals surface area contributed by atoms with Crippen molar-refractivity contribution in [2.24, 2.45) is 4.99 Å². The summed E-state index contributed by atoms with van der Waals surface area (Å²) in [6.45, 7) is 5.35. The molecule has 32 heavy (non-hydrogen) atoms. The van der Waals surface area contributed by atoms with Gasteiger partial charge in [0, 0.05) is 39.3 Å². The fourth-order valence-electron chi connectivity index (χ4n) is 3.24. The van der Waals surface area contributed by atoms with Gasteiger partial charge in [-0.05, 0) is 24.6 Å². The van der Waals surface area contributed by atoms with Crippen molar-refractivity contribution in [1.29, 1.82) is 0 Å². The molecule has 0 unspecified atom stereocenters. The molecule has 0 atom stereocenters. The Balaban J connectivity index is 0.00000363. The molecule has 9 nitrogen and oxygen atoms in total. The van der Waals surface area contributed by atoms with Crippen LogP contribution < -0.4 is 10.0 Å². The lowest BCUT2D eigenvalue weighted by atomic mass is 10.2. The lowest BCUT2D eigenvalue weighted by Crippen LogP contribution is -2.53. The Labute approximate surface area is 206 Å². The minimum Gasteiger partial charge on any atom is -0.459 e. The molecule has 1 aromatic heterocycles. The average molecular weight is 575 g/mol. The van der Waals surface area contributed by atoms with Crippen LogP contribution in [-0.2, 0) is 16.6 Å². The molecule has 1 aliphatic heterocycles. The minimum atomic E-state index is -3.43. The molecule has 11 heteroatoms. The highest BCUT2D eigenvalue weighted by atomic mass is 127. The van der Waals surface area contributed by atoms with E-state index in [1.165, 1.54) is 6.26 Å². The maximum atomic E-state index is 12.4. The van der Waals surface area contributed by atoms with Gasteiger partial charge in [-0.1, -0.05) is 30.3 Å². The number of aliphatic imine (C=N–C) groups is 1. The smallest absolute Gasteiger partial charge is 0.289 e. The van der Waals surface area contributed by atoms with Crippen LogP contribution in [0.2, 0.25) is 0 Å². The number of benzene rings is 1. The number of piperazine rings is 1. The number of hydrogen-bond donors (Lipinski definition) is 2. The highest BCUT2D eigenvalue weighted by Gasteiger charge is 2.25.